The molecule has 3 aromatic carbocycles. The summed E-state index contributed by atoms with van der Waals surface area (Å²) in [5, 5.41) is 5.76. The lowest BCUT2D eigenvalue weighted by Crippen LogP contribution is -2.27. The minimum absolute atomic E-state index is 0.111. The van der Waals surface area contributed by atoms with Crippen molar-refractivity contribution in [2.24, 2.45) is 0 Å². The third-order valence-corrected chi connectivity index (χ3v) is 4.45. The van der Waals surface area contributed by atoms with Crippen molar-refractivity contribution < 1.29 is 9.53 Å². The predicted molar refractivity (Wildman–Crippen MR) is 118 cm³/mol. The molecule has 0 radical (unpaired) electrons. The molecule has 4 nitrogen and oxygen atoms in total. The average Bonchev–Trinajstić information content (AvgIpc) is 2.74. The molecule has 0 aliphatic rings. The van der Waals surface area contributed by atoms with E-state index in [2.05, 4.69) is 17.6 Å². The van der Waals surface area contributed by atoms with E-state index in [4.69, 9.17) is 17.0 Å². The zero-order valence-electron chi connectivity index (χ0n) is 15.6. The Kier molecular flexibility index (Phi) is 6.76. The van der Waals surface area contributed by atoms with E-state index < -0.39 is 0 Å². The highest BCUT2D eigenvalue weighted by molar-refractivity contribution is 7.82. The van der Waals surface area contributed by atoms with Gasteiger partial charge in [0.15, 0.2) is 4.99 Å². The largest absolute Gasteiger partial charge is 0.489 e. The molecule has 0 spiro atoms. The van der Waals surface area contributed by atoms with E-state index in [9.17, 15) is 4.79 Å². The van der Waals surface area contributed by atoms with Gasteiger partial charge < -0.3 is 15.4 Å². The molecule has 2 N–H and O–H groups in total. The van der Waals surface area contributed by atoms with Crippen molar-refractivity contribution in [1.29, 1.82) is 0 Å². The number of rotatable bonds is 6. The maximum absolute atomic E-state index is 12.4. The lowest BCUT2D eigenvalue weighted by Gasteiger charge is -2.11. The first kappa shape index (κ1) is 19.6. The third kappa shape index (κ3) is 5.66. The number of thiocarbonyl (C=S) groups is 1. The maximum Gasteiger partial charge on any atom is 0.283 e. The summed E-state index contributed by atoms with van der Waals surface area (Å²) in [7, 11) is 0. The summed E-state index contributed by atoms with van der Waals surface area (Å²) in [5.74, 6) is 0.311. The van der Waals surface area contributed by atoms with Crippen LogP contribution in [0.1, 0.15) is 18.1 Å². The van der Waals surface area contributed by atoms with Crippen LogP contribution in [0.2, 0.25) is 0 Å². The Morgan fingerprint density at radius 3 is 2.32 bits per heavy atom. The number of hydrogen-bond donors (Lipinski definition) is 2. The van der Waals surface area contributed by atoms with E-state index >= 15 is 0 Å². The molecule has 0 aliphatic carbocycles. The summed E-state index contributed by atoms with van der Waals surface area (Å²) < 4.78 is 5.79. The van der Waals surface area contributed by atoms with Gasteiger partial charge in [-0.15, -0.1) is 0 Å². The fourth-order valence-electron chi connectivity index (χ4n) is 2.60. The molecule has 0 saturated carbocycles. The molecule has 3 aromatic rings. The summed E-state index contributed by atoms with van der Waals surface area (Å²) in [4.78, 5) is 12.5. The molecule has 0 atom stereocenters. The maximum atomic E-state index is 12.4. The number of amides is 1. The number of aryl methyl sites for hydroxylation is 1. The SMILES string of the molecule is CCc1ccc(NC(=S)C(=O)Nc2cccc(OCc3ccccc3)c2)cc1. The summed E-state index contributed by atoms with van der Waals surface area (Å²) in [6, 6.07) is 25.0. The van der Waals surface area contributed by atoms with E-state index in [-0.39, 0.29) is 10.9 Å². The number of nitrogens with one attached hydrogen (secondary N) is 2. The molecule has 3 rings (SSSR count). The van der Waals surface area contributed by atoms with E-state index in [0.29, 0.717) is 18.0 Å². The number of benzene rings is 3. The molecular weight excluding hydrogens is 368 g/mol. The first-order valence-corrected chi connectivity index (χ1v) is 9.53. The fourth-order valence-corrected chi connectivity index (χ4v) is 2.77. The van der Waals surface area contributed by atoms with Crippen LogP contribution >= 0.6 is 12.2 Å². The van der Waals surface area contributed by atoms with Gasteiger partial charge in [0.1, 0.15) is 12.4 Å². The number of hydrogen-bond acceptors (Lipinski definition) is 3. The molecule has 5 heteroatoms. The molecule has 28 heavy (non-hydrogen) atoms. The molecule has 0 fully saturated rings. The number of ether oxygens (including phenoxy) is 1. The van der Waals surface area contributed by atoms with Crippen molar-refractivity contribution in [1.82, 2.24) is 0 Å². The molecule has 0 bridgehead atoms. The van der Waals surface area contributed by atoms with E-state index in [0.717, 1.165) is 17.7 Å². The molecule has 0 saturated heterocycles. The Balaban J connectivity index is 1.56. The Morgan fingerprint density at radius 2 is 1.61 bits per heavy atom. The highest BCUT2D eigenvalue weighted by atomic mass is 32.1. The molecule has 0 heterocycles. The second kappa shape index (κ2) is 9.67. The van der Waals surface area contributed by atoms with Crippen LogP contribution in [0.15, 0.2) is 78.9 Å². The van der Waals surface area contributed by atoms with Crippen molar-refractivity contribution in [3.63, 3.8) is 0 Å². The van der Waals surface area contributed by atoms with Crippen LogP contribution in [0, 0.1) is 0 Å². The zero-order chi connectivity index (χ0) is 19.8. The predicted octanol–water partition coefficient (Wildman–Crippen LogP) is 5.21. The minimum atomic E-state index is -0.366. The van der Waals surface area contributed by atoms with Gasteiger partial charge in [-0.05, 0) is 41.8 Å². The Bertz CT molecular complexity index is 940. The summed E-state index contributed by atoms with van der Waals surface area (Å²) in [6.45, 7) is 2.56. The minimum Gasteiger partial charge on any atom is -0.489 e. The first-order chi connectivity index (χ1) is 13.6. The van der Waals surface area contributed by atoms with Crippen molar-refractivity contribution in [2.75, 3.05) is 10.6 Å². The highest BCUT2D eigenvalue weighted by Gasteiger charge is 2.10. The standard InChI is InChI=1S/C23H22N2O2S/c1-2-17-11-13-19(14-12-17)25-23(28)22(26)24-20-9-6-10-21(15-20)27-16-18-7-4-3-5-8-18/h3-15H,2,16H2,1H3,(H,24,26)(H,25,28). The van der Waals surface area contributed by atoms with E-state index in [1.807, 2.05) is 66.7 Å². The number of carbonyl (C=O) groups is 1. The topological polar surface area (TPSA) is 50.4 Å². The Hall–Kier alpha value is -3.18. The second-order valence-corrected chi connectivity index (χ2v) is 6.67. The lowest BCUT2D eigenvalue weighted by molar-refractivity contribution is -0.110. The molecule has 0 unspecified atom stereocenters. The van der Waals surface area contributed by atoms with Crippen molar-refractivity contribution in [3.8, 4) is 5.75 Å². The van der Waals surface area contributed by atoms with Gasteiger partial charge in [0.2, 0.25) is 0 Å². The molecule has 1 amide bonds. The third-order valence-electron chi connectivity index (χ3n) is 4.17. The smallest absolute Gasteiger partial charge is 0.283 e. The average molecular weight is 391 g/mol. The van der Waals surface area contributed by atoms with Crippen molar-refractivity contribution in [2.45, 2.75) is 20.0 Å². The second-order valence-electron chi connectivity index (χ2n) is 6.26. The Morgan fingerprint density at radius 1 is 0.857 bits per heavy atom. The fraction of sp³-hybridized carbons (Fsp3) is 0.130. The van der Waals surface area contributed by atoms with Gasteiger partial charge in [-0.2, -0.15) is 0 Å². The number of carbonyl (C=O) groups excluding carboxylic acids is 1. The zero-order valence-corrected chi connectivity index (χ0v) is 16.5. The van der Waals surface area contributed by atoms with Gasteiger partial charge in [0.05, 0.1) is 0 Å². The van der Waals surface area contributed by atoms with Gasteiger partial charge in [0.25, 0.3) is 5.91 Å². The van der Waals surface area contributed by atoms with Crippen LogP contribution in [0.5, 0.6) is 5.75 Å². The van der Waals surface area contributed by atoms with Crippen LogP contribution in [-0.4, -0.2) is 10.9 Å². The van der Waals surface area contributed by atoms with Crippen molar-refractivity contribution in [3.05, 3.63) is 90.0 Å². The summed E-state index contributed by atoms with van der Waals surface area (Å²) in [6.07, 6.45) is 0.966. The highest BCUT2D eigenvalue weighted by Crippen LogP contribution is 2.19. The van der Waals surface area contributed by atoms with Gasteiger partial charge in [-0.25, -0.2) is 0 Å². The van der Waals surface area contributed by atoms with E-state index in [1.54, 1.807) is 12.1 Å². The molecule has 142 valence electrons. The normalized spacial score (nSPS) is 10.2. The van der Waals surface area contributed by atoms with Gasteiger partial charge in [-0.3, -0.25) is 4.79 Å². The molecule has 0 aliphatic heterocycles. The van der Waals surface area contributed by atoms with Gasteiger partial charge in [-0.1, -0.05) is 67.7 Å². The quantitative estimate of drug-likeness (QED) is 0.568. The lowest BCUT2D eigenvalue weighted by atomic mass is 10.1. The van der Waals surface area contributed by atoms with E-state index in [1.165, 1.54) is 5.56 Å². The summed E-state index contributed by atoms with van der Waals surface area (Å²) in [5.41, 5.74) is 3.72. The Labute approximate surface area is 170 Å². The van der Waals surface area contributed by atoms with Gasteiger partial charge >= 0.3 is 0 Å². The van der Waals surface area contributed by atoms with Crippen LogP contribution in [0.25, 0.3) is 0 Å². The molecular formula is C23H22N2O2S. The van der Waals surface area contributed by atoms with Crippen LogP contribution in [0.4, 0.5) is 11.4 Å². The van der Waals surface area contributed by atoms with Crippen LogP contribution < -0.4 is 15.4 Å². The van der Waals surface area contributed by atoms with Crippen LogP contribution in [-0.2, 0) is 17.8 Å². The summed E-state index contributed by atoms with van der Waals surface area (Å²) >= 11 is 5.21. The monoisotopic (exact) mass is 390 g/mol. The molecule has 0 aromatic heterocycles. The van der Waals surface area contributed by atoms with Gasteiger partial charge in [0, 0.05) is 17.4 Å². The van der Waals surface area contributed by atoms with Crippen molar-refractivity contribution >= 4 is 34.5 Å². The van der Waals surface area contributed by atoms with Crippen LogP contribution in [0.3, 0.4) is 0 Å². The number of anilines is 2. The first-order valence-electron chi connectivity index (χ1n) is 9.12.